The van der Waals surface area contributed by atoms with Gasteiger partial charge in [-0.1, -0.05) is 43.7 Å². The molecule has 0 aliphatic carbocycles. The van der Waals surface area contributed by atoms with Crippen molar-refractivity contribution in [3.8, 4) is 0 Å². The Labute approximate surface area is 160 Å². The van der Waals surface area contributed by atoms with Gasteiger partial charge in [0.1, 0.15) is 18.5 Å². The van der Waals surface area contributed by atoms with Crippen LogP contribution in [0.25, 0.3) is 11.0 Å². The molecule has 0 radical (unpaired) electrons. The van der Waals surface area contributed by atoms with Crippen LogP contribution in [-0.4, -0.2) is 26.6 Å². The number of carbonyl (C=O) groups is 1. The summed E-state index contributed by atoms with van der Waals surface area (Å²) < 4.78 is 1.86. The summed E-state index contributed by atoms with van der Waals surface area (Å²) in [7, 11) is 0. The average molecular weight is 365 g/mol. The number of hydrogen-bond acceptors (Lipinski definition) is 3. The van der Waals surface area contributed by atoms with Gasteiger partial charge in [-0.25, -0.2) is 4.98 Å². The molecule has 5 heteroatoms. The van der Waals surface area contributed by atoms with Crippen molar-refractivity contribution < 1.29 is 9.90 Å². The van der Waals surface area contributed by atoms with Crippen molar-refractivity contribution in [2.75, 3.05) is 4.90 Å². The van der Waals surface area contributed by atoms with E-state index in [2.05, 4.69) is 4.98 Å². The van der Waals surface area contributed by atoms with Crippen LogP contribution in [0.15, 0.2) is 54.6 Å². The molecule has 0 spiro atoms. The maximum atomic E-state index is 13.2. The van der Waals surface area contributed by atoms with Crippen molar-refractivity contribution in [3.63, 3.8) is 0 Å². The lowest BCUT2D eigenvalue weighted by molar-refractivity contribution is -0.119. The van der Waals surface area contributed by atoms with Crippen molar-refractivity contribution >= 4 is 22.6 Å². The standard InChI is InChI=1S/C22H27N3O2/c1-4-10-20(26)22-23-18-13-8-9-14-19(18)24(22)15-21(27)25(16(2)3)17-11-6-5-7-12-17/h5-9,11-14,16,20,26H,4,10,15H2,1-3H3/t20-/m0/s1. The molecular formula is C22H27N3O2. The van der Waals surface area contributed by atoms with Gasteiger partial charge in [-0.05, 0) is 44.5 Å². The molecule has 0 unspecified atom stereocenters. The quantitative estimate of drug-likeness (QED) is 0.679. The Morgan fingerprint density at radius 1 is 1.11 bits per heavy atom. The highest BCUT2D eigenvalue weighted by Gasteiger charge is 2.24. The maximum Gasteiger partial charge on any atom is 0.247 e. The molecular weight excluding hydrogens is 338 g/mol. The molecule has 1 heterocycles. The second-order valence-electron chi connectivity index (χ2n) is 7.04. The zero-order chi connectivity index (χ0) is 19.4. The normalized spacial score (nSPS) is 12.5. The Kier molecular flexibility index (Phi) is 5.91. The van der Waals surface area contributed by atoms with Crippen molar-refractivity contribution in [2.45, 2.75) is 52.3 Å². The number of nitrogens with zero attached hydrogens (tertiary/aromatic N) is 3. The molecule has 27 heavy (non-hydrogen) atoms. The van der Waals surface area contributed by atoms with Crippen LogP contribution in [0.2, 0.25) is 0 Å². The van der Waals surface area contributed by atoms with Crippen molar-refractivity contribution in [2.24, 2.45) is 0 Å². The van der Waals surface area contributed by atoms with Gasteiger partial charge in [0.05, 0.1) is 11.0 Å². The van der Waals surface area contributed by atoms with E-state index >= 15 is 0 Å². The maximum absolute atomic E-state index is 13.2. The van der Waals surface area contributed by atoms with Gasteiger partial charge in [0.2, 0.25) is 5.91 Å². The summed E-state index contributed by atoms with van der Waals surface area (Å²) in [5.41, 5.74) is 2.54. The molecule has 0 bridgehead atoms. The van der Waals surface area contributed by atoms with Crippen molar-refractivity contribution in [1.82, 2.24) is 9.55 Å². The molecule has 1 N–H and O–H groups in total. The minimum atomic E-state index is -0.681. The predicted octanol–water partition coefficient (Wildman–Crippen LogP) is 4.31. The van der Waals surface area contributed by atoms with E-state index in [0.717, 1.165) is 23.1 Å². The number of amides is 1. The van der Waals surface area contributed by atoms with Crippen LogP contribution in [0.5, 0.6) is 0 Å². The molecule has 1 amide bonds. The molecule has 0 aliphatic heterocycles. The molecule has 0 aliphatic rings. The minimum absolute atomic E-state index is 0.0238. The molecule has 3 rings (SSSR count). The van der Waals surface area contributed by atoms with E-state index in [1.165, 1.54) is 0 Å². The third-order valence-corrected chi connectivity index (χ3v) is 4.66. The highest BCUT2D eigenvalue weighted by atomic mass is 16.3. The van der Waals surface area contributed by atoms with Gasteiger partial charge in [-0.15, -0.1) is 0 Å². The van der Waals surface area contributed by atoms with E-state index in [4.69, 9.17) is 0 Å². The lowest BCUT2D eigenvalue weighted by Crippen LogP contribution is -2.39. The van der Waals surface area contributed by atoms with Crippen molar-refractivity contribution in [3.05, 3.63) is 60.4 Å². The Balaban J connectivity index is 1.99. The number of hydrogen-bond donors (Lipinski definition) is 1. The zero-order valence-electron chi connectivity index (χ0n) is 16.2. The lowest BCUT2D eigenvalue weighted by Gasteiger charge is -2.27. The van der Waals surface area contributed by atoms with Gasteiger partial charge >= 0.3 is 0 Å². The van der Waals surface area contributed by atoms with Gasteiger partial charge in [0, 0.05) is 11.7 Å². The van der Waals surface area contributed by atoms with Gasteiger partial charge in [0.15, 0.2) is 0 Å². The van der Waals surface area contributed by atoms with E-state index < -0.39 is 6.10 Å². The van der Waals surface area contributed by atoms with E-state index in [1.807, 2.05) is 79.9 Å². The van der Waals surface area contributed by atoms with Crippen LogP contribution in [0.3, 0.4) is 0 Å². The monoisotopic (exact) mass is 365 g/mol. The molecule has 2 aromatic carbocycles. The summed E-state index contributed by atoms with van der Waals surface area (Å²) in [4.78, 5) is 19.6. The number of imidazole rings is 1. The summed E-state index contributed by atoms with van der Waals surface area (Å²) in [6, 6.07) is 17.4. The van der Waals surface area contributed by atoms with Gasteiger partial charge in [-0.2, -0.15) is 0 Å². The van der Waals surface area contributed by atoms with Crippen LogP contribution in [0, 0.1) is 0 Å². The number of aliphatic hydroxyl groups is 1. The summed E-state index contributed by atoms with van der Waals surface area (Å²) in [5.74, 6) is 0.535. The molecule has 0 saturated heterocycles. The zero-order valence-corrected chi connectivity index (χ0v) is 16.2. The van der Waals surface area contributed by atoms with Crippen LogP contribution in [0.4, 0.5) is 5.69 Å². The molecule has 3 aromatic rings. The van der Waals surface area contributed by atoms with Crippen LogP contribution >= 0.6 is 0 Å². The van der Waals surface area contributed by atoms with Crippen molar-refractivity contribution in [1.29, 1.82) is 0 Å². The first-order chi connectivity index (χ1) is 13.0. The summed E-state index contributed by atoms with van der Waals surface area (Å²) >= 11 is 0. The third kappa shape index (κ3) is 4.03. The second kappa shape index (κ2) is 8.35. The number of para-hydroxylation sites is 3. The first-order valence-electron chi connectivity index (χ1n) is 9.53. The average Bonchev–Trinajstić information content (AvgIpc) is 3.01. The Hall–Kier alpha value is -2.66. The van der Waals surface area contributed by atoms with Gasteiger partial charge in [0.25, 0.3) is 0 Å². The van der Waals surface area contributed by atoms with E-state index in [9.17, 15) is 9.90 Å². The largest absolute Gasteiger partial charge is 0.385 e. The van der Waals surface area contributed by atoms with Crippen LogP contribution < -0.4 is 4.90 Å². The van der Waals surface area contributed by atoms with E-state index in [1.54, 1.807) is 4.90 Å². The summed E-state index contributed by atoms with van der Waals surface area (Å²) in [5, 5.41) is 10.6. The Bertz CT molecular complexity index is 902. The molecule has 5 nitrogen and oxygen atoms in total. The van der Waals surface area contributed by atoms with E-state index in [0.29, 0.717) is 12.2 Å². The third-order valence-electron chi connectivity index (χ3n) is 4.66. The fraction of sp³-hybridized carbons (Fsp3) is 0.364. The SMILES string of the molecule is CCC[C@H](O)c1nc2ccccc2n1CC(=O)N(c1ccccc1)C(C)C. The van der Waals surface area contributed by atoms with Gasteiger partial charge in [-0.3, -0.25) is 4.79 Å². The fourth-order valence-corrected chi connectivity index (χ4v) is 3.45. The first kappa shape index (κ1) is 19.1. The fourth-order valence-electron chi connectivity index (χ4n) is 3.45. The number of fused-ring (bicyclic) bond motifs is 1. The highest BCUT2D eigenvalue weighted by molar-refractivity contribution is 5.94. The van der Waals surface area contributed by atoms with E-state index in [-0.39, 0.29) is 18.5 Å². The Morgan fingerprint density at radius 3 is 2.44 bits per heavy atom. The number of aliphatic hydroxyl groups excluding tert-OH is 1. The molecule has 0 saturated carbocycles. The number of rotatable bonds is 7. The lowest BCUT2D eigenvalue weighted by atomic mass is 10.2. The number of aromatic nitrogens is 2. The van der Waals surface area contributed by atoms with Crippen LogP contribution in [0.1, 0.15) is 45.5 Å². The highest BCUT2D eigenvalue weighted by Crippen LogP contribution is 2.25. The smallest absolute Gasteiger partial charge is 0.247 e. The second-order valence-corrected chi connectivity index (χ2v) is 7.04. The first-order valence-corrected chi connectivity index (χ1v) is 9.53. The summed E-state index contributed by atoms with van der Waals surface area (Å²) in [6.45, 7) is 6.18. The molecule has 1 atom stereocenters. The molecule has 142 valence electrons. The summed E-state index contributed by atoms with van der Waals surface area (Å²) in [6.07, 6.45) is 0.782. The number of carbonyl (C=O) groups excluding carboxylic acids is 1. The molecule has 1 aromatic heterocycles. The topological polar surface area (TPSA) is 58.4 Å². The Morgan fingerprint density at radius 2 is 1.78 bits per heavy atom. The molecule has 0 fully saturated rings. The number of anilines is 1. The van der Waals surface area contributed by atoms with Gasteiger partial charge < -0.3 is 14.6 Å². The minimum Gasteiger partial charge on any atom is -0.385 e. The predicted molar refractivity (Wildman–Crippen MR) is 109 cm³/mol. The van der Waals surface area contributed by atoms with Crippen LogP contribution in [-0.2, 0) is 11.3 Å². The number of benzene rings is 2.